The molecule has 11 nitrogen and oxygen atoms in total. The van der Waals surface area contributed by atoms with Crippen LogP contribution in [0, 0.1) is 0 Å². The molecule has 3 aromatic heterocycles. The van der Waals surface area contributed by atoms with Crippen LogP contribution in [0.25, 0.3) is 33.1 Å². The number of hydrogen-bond donors (Lipinski definition) is 3. The van der Waals surface area contributed by atoms with Gasteiger partial charge < -0.3 is 25.6 Å². The van der Waals surface area contributed by atoms with Crippen LogP contribution in [-0.2, 0) is 15.8 Å². The van der Waals surface area contributed by atoms with Gasteiger partial charge in [0.05, 0.1) is 30.9 Å². The minimum atomic E-state index is -5.40. The molecule has 0 spiro atoms. The van der Waals surface area contributed by atoms with E-state index < -0.39 is 47.8 Å². The van der Waals surface area contributed by atoms with Crippen molar-refractivity contribution in [3.8, 4) is 22.8 Å². The molecule has 7 rings (SSSR count). The van der Waals surface area contributed by atoms with E-state index in [-0.39, 0.29) is 52.0 Å². The zero-order valence-electron chi connectivity index (χ0n) is 26.0. The highest BCUT2D eigenvalue weighted by Crippen LogP contribution is 2.48. The van der Waals surface area contributed by atoms with E-state index in [1.165, 1.54) is 50.4 Å². The number of carbonyl (C=O) groups is 2. The Labute approximate surface area is 274 Å². The van der Waals surface area contributed by atoms with Crippen LogP contribution in [0.5, 0.6) is 11.5 Å². The molecule has 0 saturated heterocycles. The average molecular weight is 685 g/mol. The van der Waals surface area contributed by atoms with Gasteiger partial charge in [0.15, 0.2) is 0 Å². The summed E-state index contributed by atoms with van der Waals surface area (Å²) in [5.41, 5.74) is -0.179. The Hall–Kier alpha value is -5.25. The summed E-state index contributed by atoms with van der Waals surface area (Å²) in [6.45, 7) is -3.16. The predicted octanol–water partition coefficient (Wildman–Crippen LogP) is 5.11. The van der Waals surface area contributed by atoms with Crippen molar-refractivity contribution in [1.82, 2.24) is 24.6 Å². The number of aliphatic hydroxyl groups is 1. The van der Waals surface area contributed by atoms with Gasteiger partial charge in [0, 0.05) is 39.9 Å². The zero-order valence-corrected chi connectivity index (χ0v) is 26.0. The summed E-state index contributed by atoms with van der Waals surface area (Å²) in [5.74, 6) is -1.66. The van der Waals surface area contributed by atoms with Crippen LogP contribution in [-0.4, -0.2) is 62.7 Å². The molecule has 2 aliphatic rings. The maximum atomic E-state index is 14.9. The van der Waals surface area contributed by atoms with Gasteiger partial charge in [-0.05, 0) is 56.2 Å². The average Bonchev–Trinajstić information content (AvgIpc) is 3.52. The molecular weight excluding hydrogens is 655 g/mol. The summed E-state index contributed by atoms with van der Waals surface area (Å²) in [6, 6.07) is 9.45. The highest BCUT2D eigenvalue weighted by atomic mass is 19.4. The third-order valence-electron chi connectivity index (χ3n) is 9.21. The number of methoxy groups -OCH3 is 1. The lowest BCUT2D eigenvalue weighted by Gasteiger charge is -2.31. The van der Waals surface area contributed by atoms with Gasteiger partial charge in [-0.25, -0.2) is 4.98 Å². The SMILES string of the molecule is COc1cc(C(=O)NC[C@](O)(c2cc3c(c(-c4ccc5c(ccn5C(F)F)c4)n2)OC[C@]3(C)C(N)=O)C(F)(F)F)cc2cn(C3CC3)nc12. The van der Waals surface area contributed by atoms with Crippen molar-refractivity contribution < 1.29 is 46.1 Å². The molecule has 49 heavy (non-hydrogen) atoms. The maximum Gasteiger partial charge on any atom is 0.424 e. The molecule has 2 amide bonds. The quantitative estimate of drug-likeness (QED) is 0.183. The number of nitrogens with one attached hydrogen (secondary N) is 1. The van der Waals surface area contributed by atoms with Gasteiger partial charge in [0.1, 0.15) is 34.7 Å². The lowest BCUT2D eigenvalue weighted by Crippen LogP contribution is -2.51. The second-order valence-electron chi connectivity index (χ2n) is 12.5. The number of rotatable bonds is 9. The molecule has 1 aliphatic heterocycles. The molecule has 1 aliphatic carbocycles. The third kappa shape index (κ3) is 5.21. The van der Waals surface area contributed by atoms with Gasteiger partial charge in [0.2, 0.25) is 11.5 Å². The number of pyridine rings is 1. The van der Waals surface area contributed by atoms with Crippen molar-refractivity contribution >= 4 is 33.6 Å². The van der Waals surface area contributed by atoms with Crippen molar-refractivity contribution in [1.29, 1.82) is 0 Å². The fourth-order valence-electron chi connectivity index (χ4n) is 6.06. The molecule has 4 heterocycles. The molecule has 0 bridgehead atoms. The van der Waals surface area contributed by atoms with Gasteiger partial charge in [-0.1, -0.05) is 6.07 Å². The first-order valence-corrected chi connectivity index (χ1v) is 15.2. The molecular formula is C33H29F5N6O5. The third-order valence-corrected chi connectivity index (χ3v) is 9.21. The van der Waals surface area contributed by atoms with Crippen LogP contribution in [0.15, 0.2) is 54.9 Å². The number of nitrogens with zero attached hydrogens (tertiary/aromatic N) is 4. The molecule has 4 N–H and O–H groups in total. The Morgan fingerprint density at radius 3 is 2.57 bits per heavy atom. The number of alkyl halides is 5. The lowest BCUT2D eigenvalue weighted by molar-refractivity contribution is -0.265. The van der Waals surface area contributed by atoms with E-state index in [9.17, 15) is 36.6 Å². The molecule has 2 aromatic carbocycles. The Balaban J connectivity index is 1.30. The molecule has 2 atom stereocenters. The van der Waals surface area contributed by atoms with Crippen LogP contribution in [0.3, 0.4) is 0 Å². The highest BCUT2D eigenvalue weighted by Gasteiger charge is 2.57. The Morgan fingerprint density at radius 1 is 1.16 bits per heavy atom. The molecule has 1 saturated carbocycles. The fourth-order valence-corrected chi connectivity index (χ4v) is 6.06. The van der Waals surface area contributed by atoms with E-state index in [1.807, 2.05) is 0 Å². The van der Waals surface area contributed by atoms with Crippen LogP contribution in [0.4, 0.5) is 22.0 Å². The van der Waals surface area contributed by atoms with Crippen molar-refractivity contribution in [2.24, 2.45) is 5.73 Å². The second kappa shape index (κ2) is 11.1. The van der Waals surface area contributed by atoms with Gasteiger partial charge >= 0.3 is 12.7 Å². The number of amides is 2. The summed E-state index contributed by atoms with van der Waals surface area (Å²) >= 11 is 0. The Kier molecular flexibility index (Phi) is 7.35. The number of primary amides is 1. The largest absolute Gasteiger partial charge is 0.494 e. The number of aromatic nitrogens is 4. The number of carbonyl (C=O) groups excluding carboxylic acids is 2. The fraction of sp³-hybridized carbons (Fsp3) is 0.333. The van der Waals surface area contributed by atoms with Gasteiger partial charge in [-0.2, -0.15) is 27.1 Å². The van der Waals surface area contributed by atoms with Gasteiger partial charge in [0.25, 0.3) is 5.91 Å². The van der Waals surface area contributed by atoms with Crippen molar-refractivity contribution in [3.05, 3.63) is 71.7 Å². The Morgan fingerprint density at radius 2 is 1.92 bits per heavy atom. The number of halogens is 5. The summed E-state index contributed by atoms with van der Waals surface area (Å²) in [4.78, 5) is 30.1. The van der Waals surface area contributed by atoms with E-state index >= 15 is 0 Å². The normalized spacial score (nSPS) is 18.8. The molecule has 256 valence electrons. The minimum Gasteiger partial charge on any atom is -0.494 e. The minimum absolute atomic E-state index is 0.0365. The molecule has 0 unspecified atom stereocenters. The van der Waals surface area contributed by atoms with Gasteiger partial charge in [-0.3, -0.25) is 18.8 Å². The predicted molar refractivity (Wildman–Crippen MR) is 165 cm³/mol. The Bertz CT molecular complexity index is 2160. The van der Waals surface area contributed by atoms with E-state index in [1.54, 1.807) is 10.9 Å². The van der Waals surface area contributed by atoms with E-state index in [0.717, 1.165) is 25.1 Å². The summed E-state index contributed by atoms with van der Waals surface area (Å²) < 4.78 is 85.3. The van der Waals surface area contributed by atoms with Crippen LogP contribution in [0.1, 0.15) is 54.0 Å². The first kappa shape index (κ1) is 32.3. The van der Waals surface area contributed by atoms with Gasteiger partial charge in [-0.15, -0.1) is 0 Å². The molecule has 16 heteroatoms. The summed E-state index contributed by atoms with van der Waals surface area (Å²) in [7, 11) is 1.38. The monoisotopic (exact) mass is 684 g/mol. The number of nitrogens with two attached hydrogens (primary N) is 1. The summed E-state index contributed by atoms with van der Waals surface area (Å²) in [5, 5.41) is 19.0. The van der Waals surface area contributed by atoms with Crippen molar-refractivity contribution in [2.75, 3.05) is 20.3 Å². The van der Waals surface area contributed by atoms with Crippen LogP contribution in [0.2, 0.25) is 0 Å². The van der Waals surface area contributed by atoms with E-state index in [4.69, 9.17) is 15.2 Å². The van der Waals surface area contributed by atoms with E-state index in [2.05, 4.69) is 15.4 Å². The second-order valence-corrected chi connectivity index (χ2v) is 12.5. The summed E-state index contributed by atoms with van der Waals surface area (Å²) in [6.07, 6.45) is -0.613. The number of fused-ring (bicyclic) bond motifs is 3. The number of ether oxygens (including phenoxy) is 2. The number of benzene rings is 2. The maximum absolute atomic E-state index is 14.9. The molecule has 0 radical (unpaired) electrons. The molecule has 1 fully saturated rings. The van der Waals surface area contributed by atoms with Crippen LogP contribution < -0.4 is 20.5 Å². The smallest absolute Gasteiger partial charge is 0.424 e. The topological polar surface area (TPSA) is 147 Å². The first-order valence-electron chi connectivity index (χ1n) is 15.2. The standard InChI is InChI=1S/C33H29F5N6O5/c1-31(29(39)46)15-49-27-21(31)12-24(41-26(27)17-3-6-22-16(9-17)7-8-43(22)30(34)35)32(47,33(36,37)38)14-40-28(45)18-10-19-13-44(20-4-5-20)42-25(19)23(11-18)48-2/h3,6-13,20,30,47H,4-5,14-15H2,1-2H3,(H2,39,46)(H,40,45)/t31-,32-/m0/s1. The van der Waals surface area contributed by atoms with Crippen LogP contribution >= 0.6 is 0 Å². The van der Waals surface area contributed by atoms with E-state index in [0.29, 0.717) is 20.9 Å². The first-order chi connectivity index (χ1) is 23.1. The zero-order chi connectivity index (χ0) is 35.0. The highest BCUT2D eigenvalue weighted by molar-refractivity contribution is 6.00. The van der Waals surface area contributed by atoms with Crippen molar-refractivity contribution in [3.63, 3.8) is 0 Å². The molecule has 5 aromatic rings. The lowest BCUT2D eigenvalue weighted by atomic mass is 9.81. The number of hydrogen-bond acceptors (Lipinski definition) is 7. The van der Waals surface area contributed by atoms with Crippen molar-refractivity contribution in [2.45, 2.75) is 49.5 Å².